The molecule has 0 fully saturated rings. The van der Waals surface area contributed by atoms with Gasteiger partial charge in [0.2, 0.25) is 0 Å². The Hall–Kier alpha value is -1.77. The van der Waals surface area contributed by atoms with Crippen LogP contribution in [0.2, 0.25) is 0 Å². The summed E-state index contributed by atoms with van der Waals surface area (Å²) in [6.07, 6.45) is 2.70. The molecule has 2 aromatic carbocycles. The lowest BCUT2D eigenvalue weighted by Crippen LogP contribution is -2.26. The van der Waals surface area contributed by atoms with Crippen LogP contribution in [0.4, 0.5) is 13.2 Å². The molecule has 0 spiro atoms. The van der Waals surface area contributed by atoms with Crippen molar-refractivity contribution in [1.29, 1.82) is 0 Å². The standard InChI is InChI=1S/C17H17F3O3S2/c1-24(2,23-25(21,22)17(18,19)20)13-16(14-9-5-3-6-10-14)15-11-7-4-8-12-15/h3-13H,1-2H3. The van der Waals surface area contributed by atoms with Crippen molar-refractivity contribution in [2.75, 3.05) is 12.5 Å². The summed E-state index contributed by atoms with van der Waals surface area (Å²) >= 11 is 0. The van der Waals surface area contributed by atoms with E-state index in [9.17, 15) is 21.6 Å². The first-order valence-electron chi connectivity index (χ1n) is 7.10. The molecular formula is C17H17F3O3S2. The van der Waals surface area contributed by atoms with Crippen molar-refractivity contribution in [3.8, 4) is 0 Å². The second kappa shape index (κ2) is 7.23. The zero-order valence-corrected chi connectivity index (χ0v) is 15.2. The summed E-state index contributed by atoms with van der Waals surface area (Å²) in [5.74, 6) is 0. The minimum absolute atomic E-state index is 0.610. The van der Waals surface area contributed by atoms with Crippen molar-refractivity contribution in [3.63, 3.8) is 0 Å². The third-order valence-electron chi connectivity index (χ3n) is 3.12. The lowest BCUT2D eigenvalue weighted by Gasteiger charge is -2.28. The van der Waals surface area contributed by atoms with Crippen LogP contribution in [0.1, 0.15) is 11.1 Å². The first-order chi connectivity index (χ1) is 11.5. The van der Waals surface area contributed by atoms with Gasteiger partial charge in [-0.05, 0) is 34.6 Å². The number of hydrogen-bond acceptors (Lipinski definition) is 3. The van der Waals surface area contributed by atoms with Gasteiger partial charge < -0.3 is 0 Å². The molecular weight excluding hydrogens is 373 g/mol. The average molecular weight is 390 g/mol. The molecule has 3 nitrogen and oxygen atoms in total. The second-order valence-electron chi connectivity index (χ2n) is 5.54. The number of rotatable bonds is 5. The minimum atomic E-state index is -5.67. The van der Waals surface area contributed by atoms with Gasteiger partial charge >= 0.3 is 15.6 Å². The van der Waals surface area contributed by atoms with E-state index < -0.39 is 25.9 Å². The van der Waals surface area contributed by atoms with Gasteiger partial charge in [0.15, 0.2) is 0 Å². The van der Waals surface area contributed by atoms with Crippen molar-refractivity contribution >= 4 is 26.0 Å². The summed E-state index contributed by atoms with van der Waals surface area (Å²) < 4.78 is 65.1. The van der Waals surface area contributed by atoms with Crippen LogP contribution in [0.15, 0.2) is 66.1 Å². The highest BCUT2D eigenvalue weighted by atomic mass is 32.3. The fourth-order valence-electron chi connectivity index (χ4n) is 2.11. The van der Waals surface area contributed by atoms with Crippen LogP contribution >= 0.6 is 10.3 Å². The predicted octanol–water partition coefficient (Wildman–Crippen LogP) is 4.92. The van der Waals surface area contributed by atoms with Crippen LogP contribution in [0.5, 0.6) is 0 Å². The largest absolute Gasteiger partial charge is 0.523 e. The molecule has 0 atom stereocenters. The highest BCUT2D eigenvalue weighted by molar-refractivity contribution is 8.34. The van der Waals surface area contributed by atoms with E-state index in [-0.39, 0.29) is 0 Å². The summed E-state index contributed by atoms with van der Waals surface area (Å²) in [5.41, 5.74) is -3.34. The second-order valence-corrected chi connectivity index (χ2v) is 10.3. The number of halogens is 3. The molecule has 136 valence electrons. The van der Waals surface area contributed by atoms with E-state index in [1.165, 1.54) is 17.9 Å². The summed E-state index contributed by atoms with van der Waals surface area (Å²) in [6, 6.07) is 18.0. The zero-order valence-electron chi connectivity index (χ0n) is 13.5. The molecule has 0 unspecified atom stereocenters. The van der Waals surface area contributed by atoms with Crippen LogP contribution in [-0.2, 0) is 13.7 Å². The van der Waals surface area contributed by atoms with Crippen molar-refractivity contribution in [2.24, 2.45) is 0 Å². The molecule has 0 bridgehead atoms. The van der Waals surface area contributed by atoms with Gasteiger partial charge in [-0.2, -0.15) is 21.6 Å². The minimum Gasteiger partial charge on any atom is -0.210 e. The van der Waals surface area contributed by atoms with Crippen molar-refractivity contribution in [2.45, 2.75) is 5.51 Å². The number of alkyl halides is 3. The Morgan fingerprint density at radius 1 is 0.880 bits per heavy atom. The fraction of sp³-hybridized carbons (Fsp3) is 0.176. The monoisotopic (exact) mass is 390 g/mol. The van der Waals surface area contributed by atoms with Gasteiger partial charge in [0.1, 0.15) is 0 Å². The fourth-order valence-corrected chi connectivity index (χ4v) is 5.26. The van der Waals surface area contributed by atoms with Gasteiger partial charge in [-0.15, -0.1) is 10.3 Å². The van der Waals surface area contributed by atoms with Crippen molar-refractivity contribution < 1.29 is 25.2 Å². The smallest absolute Gasteiger partial charge is 0.210 e. The molecule has 0 radical (unpaired) electrons. The van der Waals surface area contributed by atoms with E-state index in [0.29, 0.717) is 5.57 Å². The maximum atomic E-state index is 12.6. The molecule has 25 heavy (non-hydrogen) atoms. The van der Waals surface area contributed by atoms with Crippen molar-refractivity contribution in [1.82, 2.24) is 0 Å². The van der Waals surface area contributed by atoms with Crippen LogP contribution in [-0.4, -0.2) is 26.4 Å². The Balaban J connectivity index is 2.50. The average Bonchev–Trinajstić information content (AvgIpc) is 2.52. The molecule has 0 heterocycles. The first kappa shape index (κ1) is 19.6. The number of hydrogen-bond donors (Lipinski definition) is 0. The molecule has 0 aliphatic carbocycles. The molecule has 0 amide bonds. The first-order valence-corrected chi connectivity index (χ1v) is 10.9. The van der Waals surface area contributed by atoms with Gasteiger partial charge in [0, 0.05) is 0 Å². The lowest BCUT2D eigenvalue weighted by molar-refractivity contribution is -0.0495. The van der Waals surface area contributed by atoms with Gasteiger partial charge in [-0.25, -0.2) is 3.63 Å². The maximum absolute atomic E-state index is 12.6. The molecule has 0 aromatic heterocycles. The van der Waals surface area contributed by atoms with Crippen LogP contribution in [0.25, 0.3) is 5.57 Å². The molecule has 0 saturated heterocycles. The van der Waals surface area contributed by atoms with E-state index in [4.69, 9.17) is 0 Å². The number of benzene rings is 2. The maximum Gasteiger partial charge on any atom is 0.523 e. The molecule has 0 aliphatic heterocycles. The summed E-state index contributed by atoms with van der Waals surface area (Å²) in [6.45, 7) is 0. The van der Waals surface area contributed by atoms with Crippen LogP contribution < -0.4 is 0 Å². The van der Waals surface area contributed by atoms with Gasteiger partial charge in [-0.3, -0.25) is 0 Å². The summed E-state index contributed by atoms with van der Waals surface area (Å²) in [7, 11) is -8.36. The van der Waals surface area contributed by atoms with Gasteiger partial charge in [0.25, 0.3) is 0 Å². The Morgan fingerprint density at radius 3 is 1.64 bits per heavy atom. The third-order valence-corrected chi connectivity index (χ3v) is 6.61. The molecule has 0 N–H and O–H groups in total. The SMILES string of the molecule is CS(C)(C=C(c1ccccc1)c1ccccc1)OS(=O)(=O)C(F)(F)F. The third kappa shape index (κ3) is 5.10. The molecule has 0 saturated carbocycles. The van der Waals surface area contributed by atoms with Gasteiger partial charge in [0.05, 0.1) is 0 Å². The molecule has 2 aromatic rings. The van der Waals surface area contributed by atoms with Crippen LogP contribution in [0, 0.1) is 0 Å². The summed E-state index contributed by atoms with van der Waals surface area (Å²) in [4.78, 5) is 0. The zero-order chi connectivity index (χ0) is 18.7. The van der Waals surface area contributed by atoms with E-state index in [1.807, 2.05) is 12.1 Å². The van der Waals surface area contributed by atoms with Gasteiger partial charge in [-0.1, -0.05) is 60.7 Å². The topological polar surface area (TPSA) is 43.4 Å². The Bertz CT molecular complexity index is 802. The normalized spacial score (nSPS) is 13.3. The molecule has 0 aliphatic rings. The quantitative estimate of drug-likeness (QED) is 0.681. The Labute approximate surface area is 146 Å². The van der Waals surface area contributed by atoms with E-state index in [0.717, 1.165) is 11.1 Å². The van der Waals surface area contributed by atoms with Crippen LogP contribution in [0.3, 0.4) is 0 Å². The highest BCUT2D eigenvalue weighted by Crippen LogP contribution is 2.50. The Morgan fingerprint density at radius 2 is 1.28 bits per heavy atom. The molecule has 2 rings (SSSR count). The predicted molar refractivity (Wildman–Crippen MR) is 95.5 cm³/mol. The Kier molecular flexibility index (Phi) is 5.65. The van der Waals surface area contributed by atoms with Crippen molar-refractivity contribution in [3.05, 3.63) is 77.2 Å². The molecule has 8 heteroatoms. The lowest BCUT2D eigenvalue weighted by atomic mass is 10.00. The van der Waals surface area contributed by atoms with E-state index >= 15 is 0 Å². The van der Waals surface area contributed by atoms with E-state index in [2.05, 4.69) is 3.63 Å². The van der Waals surface area contributed by atoms with E-state index in [1.54, 1.807) is 48.5 Å². The summed E-state index contributed by atoms with van der Waals surface area (Å²) in [5, 5.41) is 1.46. The highest BCUT2D eigenvalue weighted by Gasteiger charge is 2.49.